The number of nitrogens with zero attached hydrogens (tertiary/aromatic N) is 1. The fourth-order valence-corrected chi connectivity index (χ4v) is 2.49. The van der Waals surface area contributed by atoms with Gasteiger partial charge in [0.1, 0.15) is 0 Å². The molecule has 0 aliphatic carbocycles. The Bertz CT molecular complexity index is 313. The molecule has 3 heteroatoms. The number of rotatable bonds is 3. The summed E-state index contributed by atoms with van der Waals surface area (Å²) in [5.74, 6) is 0.515. The summed E-state index contributed by atoms with van der Waals surface area (Å²) in [6, 6.07) is 0. The third kappa shape index (κ3) is 2.15. The van der Waals surface area contributed by atoms with Crippen LogP contribution >= 0.6 is 11.3 Å². The highest BCUT2D eigenvalue weighted by molar-refractivity contribution is 7.11. The summed E-state index contributed by atoms with van der Waals surface area (Å²) < 4.78 is 0. The van der Waals surface area contributed by atoms with Gasteiger partial charge in [-0.05, 0) is 6.92 Å². The molecule has 0 spiro atoms. The monoisotopic (exact) mass is 212 g/mol. The number of aromatic nitrogens is 1. The normalized spacial score (nSPS) is 12.5. The zero-order valence-corrected chi connectivity index (χ0v) is 10.5. The minimum atomic E-state index is 0.00766. The van der Waals surface area contributed by atoms with E-state index in [0.717, 1.165) is 0 Å². The van der Waals surface area contributed by atoms with Gasteiger partial charge in [0, 0.05) is 22.8 Å². The Hall–Kier alpha value is -0.410. The third-order valence-corrected chi connectivity index (χ3v) is 3.73. The van der Waals surface area contributed by atoms with E-state index in [4.69, 9.17) is 10.7 Å². The highest BCUT2D eigenvalue weighted by Crippen LogP contribution is 2.31. The Kier molecular flexibility index (Phi) is 3.32. The molecule has 0 saturated carbocycles. The lowest BCUT2D eigenvalue weighted by molar-refractivity contribution is 0.519. The molecule has 2 nitrogen and oxygen atoms in total. The lowest BCUT2D eigenvalue weighted by Gasteiger charge is -2.20. The van der Waals surface area contributed by atoms with Crippen LogP contribution in [0.15, 0.2) is 0 Å². The van der Waals surface area contributed by atoms with Crippen molar-refractivity contribution in [2.45, 2.75) is 46.0 Å². The Balaban J connectivity index is 3.10. The van der Waals surface area contributed by atoms with Gasteiger partial charge >= 0.3 is 0 Å². The van der Waals surface area contributed by atoms with Crippen molar-refractivity contribution in [2.75, 3.05) is 6.54 Å². The number of thiazole rings is 1. The van der Waals surface area contributed by atoms with Gasteiger partial charge in [-0.25, -0.2) is 4.98 Å². The van der Waals surface area contributed by atoms with Gasteiger partial charge in [-0.15, -0.1) is 11.3 Å². The van der Waals surface area contributed by atoms with Gasteiger partial charge in [0.15, 0.2) is 0 Å². The van der Waals surface area contributed by atoms with Gasteiger partial charge in [-0.1, -0.05) is 27.7 Å². The number of aryl methyl sites for hydroxylation is 1. The molecule has 0 bridgehead atoms. The van der Waals surface area contributed by atoms with Gasteiger partial charge in [0.2, 0.25) is 0 Å². The average Bonchev–Trinajstić information content (AvgIpc) is 2.48. The molecule has 0 fully saturated rings. The maximum absolute atomic E-state index is 5.76. The average molecular weight is 212 g/mol. The minimum Gasteiger partial charge on any atom is -0.330 e. The van der Waals surface area contributed by atoms with Crippen molar-refractivity contribution in [1.29, 1.82) is 0 Å². The molecule has 0 atom stereocenters. The maximum Gasteiger partial charge on any atom is 0.0956 e. The van der Waals surface area contributed by atoms with Crippen molar-refractivity contribution in [3.8, 4) is 0 Å². The van der Waals surface area contributed by atoms with E-state index in [1.165, 1.54) is 15.6 Å². The first-order valence-corrected chi connectivity index (χ1v) is 5.88. The molecule has 0 aliphatic rings. The minimum absolute atomic E-state index is 0.00766. The fourth-order valence-electron chi connectivity index (χ4n) is 1.39. The number of hydrogen-bond donors (Lipinski definition) is 1. The fraction of sp³-hybridized carbons (Fsp3) is 0.727. The van der Waals surface area contributed by atoms with Gasteiger partial charge in [-0.3, -0.25) is 0 Å². The molecule has 0 aliphatic heterocycles. The summed E-state index contributed by atoms with van der Waals surface area (Å²) in [4.78, 5) is 6.00. The van der Waals surface area contributed by atoms with Crippen LogP contribution in [0.1, 0.15) is 49.2 Å². The maximum atomic E-state index is 5.76. The molecule has 2 N–H and O–H groups in total. The molecule has 0 amide bonds. The first-order chi connectivity index (χ1) is 6.38. The van der Waals surface area contributed by atoms with Crippen molar-refractivity contribution >= 4 is 11.3 Å². The quantitative estimate of drug-likeness (QED) is 0.836. The van der Waals surface area contributed by atoms with Crippen LogP contribution in [0.2, 0.25) is 0 Å². The molecule has 0 unspecified atom stereocenters. The Morgan fingerprint density at radius 1 is 1.43 bits per heavy atom. The molecule has 80 valence electrons. The van der Waals surface area contributed by atoms with E-state index in [2.05, 4.69) is 34.6 Å². The Morgan fingerprint density at radius 3 is 2.36 bits per heavy atom. The van der Waals surface area contributed by atoms with Gasteiger partial charge in [0.05, 0.1) is 10.7 Å². The zero-order valence-electron chi connectivity index (χ0n) is 9.72. The first kappa shape index (κ1) is 11.7. The predicted octanol–water partition coefficient (Wildman–Crippen LogP) is 2.81. The van der Waals surface area contributed by atoms with E-state index in [9.17, 15) is 0 Å². The summed E-state index contributed by atoms with van der Waals surface area (Å²) in [5, 5.41) is 1.22. The van der Waals surface area contributed by atoms with Gasteiger partial charge in [-0.2, -0.15) is 0 Å². The first-order valence-electron chi connectivity index (χ1n) is 5.06. The predicted molar refractivity (Wildman–Crippen MR) is 63.0 cm³/mol. The molecule has 0 aromatic carbocycles. The lowest BCUT2D eigenvalue weighted by Crippen LogP contribution is -2.29. The molecule has 0 radical (unpaired) electrons. The van der Waals surface area contributed by atoms with Crippen molar-refractivity contribution in [3.05, 3.63) is 15.6 Å². The van der Waals surface area contributed by atoms with Crippen molar-refractivity contribution in [2.24, 2.45) is 5.73 Å². The second-order valence-electron chi connectivity index (χ2n) is 4.70. The van der Waals surface area contributed by atoms with Crippen LogP contribution in [-0.4, -0.2) is 11.5 Å². The highest BCUT2D eigenvalue weighted by Gasteiger charge is 2.25. The van der Waals surface area contributed by atoms with Crippen LogP contribution in [0.4, 0.5) is 0 Å². The van der Waals surface area contributed by atoms with Gasteiger partial charge in [0.25, 0.3) is 0 Å². The lowest BCUT2D eigenvalue weighted by atomic mass is 9.89. The topological polar surface area (TPSA) is 38.9 Å². The molecule has 1 heterocycles. The smallest absolute Gasteiger partial charge is 0.0956 e. The molecule has 1 rings (SSSR count). The van der Waals surface area contributed by atoms with E-state index in [-0.39, 0.29) is 5.41 Å². The Labute approximate surface area is 90.6 Å². The second kappa shape index (κ2) is 3.99. The highest BCUT2D eigenvalue weighted by atomic mass is 32.1. The van der Waals surface area contributed by atoms with Crippen molar-refractivity contribution < 1.29 is 0 Å². The number of nitrogens with two attached hydrogens (primary N) is 1. The second-order valence-corrected chi connectivity index (χ2v) is 5.93. The van der Waals surface area contributed by atoms with E-state index in [0.29, 0.717) is 12.5 Å². The zero-order chi connectivity index (χ0) is 10.9. The van der Waals surface area contributed by atoms with E-state index in [1.54, 1.807) is 11.3 Å². The van der Waals surface area contributed by atoms with Crippen LogP contribution in [0.5, 0.6) is 0 Å². The van der Waals surface area contributed by atoms with Gasteiger partial charge < -0.3 is 5.73 Å². The SMILES string of the molecule is Cc1sc(C(C)C)nc1C(C)(C)CN. The van der Waals surface area contributed by atoms with Crippen LogP contribution in [0.3, 0.4) is 0 Å². The summed E-state index contributed by atoms with van der Waals surface area (Å²) in [5.41, 5.74) is 6.94. The summed E-state index contributed by atoms with van der Waals surface area (Å²) in [6.07, 6.45) is 0. The van der Waals surface area contributed by atoms with Crippen LogP contribution < -0.4 is 5.73 Å². The molecular weight excluding hydrogens is 192 g/mol. The third-order valence-electron chi connectivity index (χ3n) is 2.46. The summed E-state index contributed by atoms with van der Waals surface area (Å²) in [6.45, 7) is 11.4. The molecule has 1 aromatic rings. The molecule has 14 heavy (non-hydrogen) atoms. The molecule has 0 saturated heterocycles. The van der Waals surface area contributed by atoms with Crippen LogP contribution in [-0.2, 0) is 5.41 Å². The standard InChI is InChI=1S/C11H20N2S/c1-7(2)10-13-9(8(3)14-10)11(4,5)6-12/h7H,6,12H2,1-5H3. The summed E-state index contributed by atoms with van der Waals surface area (Å²) >= 11 is 1.80. The summed E-state index contributed by atoms with van der Waals surface area (Å²) in [7, 11) is 0. The van der Waals surface area contributed by atoms with Crippen LogP contribution in [0.25, 0.3) is 0 Å². The largest absolute Gasteiger partial charge is 0.330 e. The number of hydrogen-bond acceptors (Lipinski definition) is 3. The Morgan fingerprint density at radius 2 is 2.00 bits per heavy atom. The van der Waals surface area contributed by atoms with E-state index < -0.39 is 0 Å². The van der Waals surface area contributed by atoms with Crippen molar-refractivity contribution in [3.63, 3.8) is 0 Å². The molecular formula is C11H20N2S. The van der Waals surface area contributed by atoms with E-state index in [1.807, 2.05) is 0 Å². The van der Waals surface area contributed by atoms with E-state index >= 15 is 0 Å². The van der Waals surface area contributed by atoms with Crippen LogP contribution in [0, 0.1) is 6.92 Å². The van der Waals surface area contributed by atoms with Crippen molar-refractivity contribution in [1.82, 2.24) is 4.98 Å². The molecule has 1 aromatic heterocycles.